The second kappa shape index (κ2) is 8.16. The Hall–Kier alpha value is -1.95. The first kappa shape index (κ1) is 18.8. The van der Waals surface area contributed by atoms with Crippen molar-refractivity contribution in [3.8, 4) is 0 Å². The molecule has 1 heterocycles. The van der Waals surface area contributed by atoms with Crippen molar-refractivity contribution in [1.82, 2.24) is 0 Å². The summed E-state index contributed by atoms with van der Waals surface area (Å²) < 4.78 is 0. The third kappa shape index (κ3) is 4.41. The van der Waals surface area contributed by atoms with Crippen molar-refractivity contribution in [3.05, 3.63) is 51.5 Å². The lowest BCUT2D eigenvalue weighted by Gasteiger charge is -2.16. The number of carbonyl (C=O) groups excluding carboxylic acids is 2. The summed E-state index contributed by atoms with van der Waals surface area (Å²) >= 11 is 17.8. The van der Waals surface area contributed by atoms with Crippen LogP contribution in [0, 0.1) is 0 Å². The molecule has 8 heteroatoms. The molecule has 5 nitrogen and oxygen atoms in total. The molecule has 136 valence electrons. The van der Waals surface area contributed by atoms with Gasteiger partial charge in [-0.2, -0.15) is 0 Å². The number of nitrogens with one attached hydrogen (secondary N) is 2. The van der Waals surface area contributed by atoms with E-state index in [4.69, 9.17) is 34.8 Å². The number of anilines is 3. The summed E-state index contributed by atoms with van der Waals surface area (Å²) in [7, 11) is 0. The molecule has 1 saturated heterocycles. The van der Waals surface area contributed by atoms with Crippen molar-refractivity contribution in [2.24, 2.45) is 0 Å². The van der Waals surface area contributed by atoms with E-state index in [2.05, 4.69) is 10.6 Å². The number of carbonyl (C=O) groups is 2. The molecule has 2 N–H and O–H groups in total. The smallest absolute Gasteiger partial charge is 0.243 e. The highest BCUT2D eigenvalue weighted by molar-refractivity contribution is 6.44. The fraction of sp³-hybridized carbons (Fsp3) is 0.222. The number of hydrogen-bond donors (Lipinski definition) is 2. The molecule has 0 atom stereocenters. The van der Waals surface area contributed by atoms with E-state index in [-0.39, 0.29) is 18.4 Å². The first-order chi connectivity index (χ1) is 12.4. The Kier molecular flexibility index (Phi) is 5.91. The normalized spacial score (nSPS) is 13.8. The van der Waals surface area contributed by atoms with Crippen molar-refractivity contribution in [1.29, 1.82) is 0 Å². The van der Waals surface area contributed by atoms with E-state index in [9.17, 15) is 9.59 Å². The quantitative estimate of drug-likeness (QED) is 0.692. The number of halogens is 3. The third-order valence-electron chi connectivity index (χ3n) is 3.99. The van der Waals surface area contributed by atoms with Crippen LogP contribution in [-0.4, -0.2) is 24.9 Å². The molecule has 0 aromatic heterocycles. The second-order valence-electron chi connectivity index (χ2n) is 5.84. The average molecular weight is 413 g/mol. The molecule has 0 aliphatic carbocycles. The SMILES string of the molecule is O=C(CNc1ccc(N2CCCC2=O)cc1)Nc1cc(Cl)c(Cl)cc1Cl. The number of rotatable bonds is 5. The molecule has 0 saturated carbocycles. The van der Waals surface area contributed by atoms with Crippen LogP contribution in [0.2, 0.25) is 15.1 Å². The molecule has 26 heavy (non-hydrogen) atoms. The van der Waals surface area contributed by atoms with Crippen molar-refractivity contribution in [2.75, 3.05) is 28.6 Å². The van der Waals surface area contributed by atoms with Crippen LogP contribution in [0.1, 0.15) is 12.8 Å². The average Bonchev–Trinajstić information content (AvgIpc) is 3.04. The fourth-order valence-electron chi connectivity index (χ4n) is 2.68. The molecule has 0 spiro atoms. The molecule has 1 fully saturated rings. The van der Waals surface area contributed by atoms with E-state index in [1.54, 1.807) is 4.90 Å². The summed E-state index contributed by atoms with van der Waals surface area (Å²) in [5, 5.41) is 6.65. The van der Waals surface area contributed by atoms with Gasteiger partial charge in [0.1, 0.15) is 0 Å². The Morgan fingerprint density at radius 3 is 2.38 bits per heavy atom. The van der Waals surface area contributed by atoms with Crippen LogP contribution in [0.3, 0.4) is 0 Å². The largest absolute Gasteiger partial charge is 0.376 e. The van der Waals surface area contributed by atoms with Crippen molar-refractivity contribution in [2.45, 2.75) is 12.8 Å². The van der Waals surface area contributed by atoms with Crippen LogP contribution >= 0.6 is 34.8 Å². The van der Waals surface area contributed by atoms with Gasteiger partial charge in [0.25, 0.3) is 0 Å². The minimum absolute atomic E-state index is 0.0541. The van der Waals surface area contributed by atoms with Crippen LogP contribution in [0.25, 0.3) is 0 Å². The van der Waals surface area contributed by atoms with Crippen LogP contribution < -0.4 is 15.5 Å². The maximum Gasteiger partial charge on any atom is 0.243 e. The van der Waals surface area contributed by atoms with Crippen LogP contribution in [0.5, 0.6) is 0 Å². The Labute approximate surface area is 166 Å². The van der Waals surface area contributed by atoms with E-state index in [1.807, 2.05) is 24.3 Å². The summed E-state index contributed by atoms with van der Waals surface area (Å²) in [6.07, 6.45) is 1.48. The van der Waals surface area contributed by atoms with Gasteiger partial charge in [-0.25, -0.2) is 0 Å². The molecular weight excluding hydrogens is 397 g/mol. The number of nitrogens with zero attached hydrogens (tertiary/aromatic N) is 1. The molecule has 2 aromatic carbocycles. The lowest BCUT2D eigenvalue weighted by molar-refractivity contribution is -0.117. The molecule has 0 bridgehead atoms. The highest BCUT2D eigenvalue weighted by Crippen LogP contribution is 2.32. The van der Waals surface area contributed by atoms with E-state index in [0.717, 1.165) is 24.3 Å². The highest BCUT2D eigenvalue weighted by Gasteiger charge is 2.21. The van der Waals surface area contributed by atoms with Gasteiger partial charge in [-0.15, -0.1) is 0 Å². The Morgan fingerprint density at radius 2 is 1.73 bits per heavy atom. The topological polar surface area (TPSA) is 61.4 Å². The first-order valence-corrected chi connectivity index (χ1v) is 9.16. The lowest BCUT2D eigenvalue weighted by Crippen LogP contribution is -2.24. The first-order valence-electron chi connectivity index (χ1n) is 8.03. The van der Waals surface area contributed by atoms with Crippen molar-refractivity contribution in [3.63, 3.8) is 0 Å². The minimum atomic E-state index is -0.274. The fourth-order valence-corrected chi connectivity index (χ4v) is 3.27. The standard InChI is InChI=1S/C18H16Cl3N3O2/c19-13-8-15(21)16(9-14(13)20)23-17(25)10-22-11-3-5-12(6-4-11)24-7-1-2-18(24)26/h3-6,8-9,22H,1-2,7,10H2,(H,23,25). The summed E-state index contributed by atoms with van der Waals surface area (Å²) in [5.74, 6) is -0.132. The van der Waals surface area contributed by atoms with Gasteiger partial charge >= 0.3 is 0 Å². The van der Waals surface area contributed by atoms with Gasteiger partial charge in [0, 0.05) is 24.3 Å². The zero-order chi connectivity index (χ0) is 18.7. The lowest BCUT2D eigenvalue weighted by atomic mass is 10.2. The van der Waals surface area contributed by atoms with E-state index in [0.29, 0.717) is 27.2 Å². The van der Waals surface area contributed by atoms with Crippen LogP contribution in [-0.2, 0) is 9.59 Å². The molecule has 0 unspecified atom stereocenters. The highest BCUT2D eigenvalue weighted by atomic mass is 35.5. The zero-order valence-corrected chi connectivity index (χ0v) is 16.0. The van der Waals surface area contributed by atoms with Crippen LogP contribution in [0.15, 0.2) is 36.4 Å². The molecule has 1 aliphatic rings. The number of hydrogen-bond acceptors (Lipinski definition) is 3. The molecule has 0 radical (unpaired) electrons. The third-order valence-corrected chi connectivity index (χ3v) is 5.02. The Balaban J connectivity index is 1.56. The molecule has 1 aliphatic heterocycles. The maximum absolute atomic E-state index is 12.1. The molecule has 2 amide bonds. The predicted octanol–water partition coefficient (Wildman–Crippen LogP) is 4.82. The van der Waals surface area contributed by atoms with E-state index in [1.165, 1.54) is 12.1 Å². The number of benzene rings is 2. The molecular formula is C18H16Cl3N3O2. The molecule has 2 aromatic rings. The monoisotopic (exact) mass is 411 g/mol. The minimum Gasteiger partial charge on any atom is -0.376 e. The van der Waals surface area contributed by atoms with Gasteiger partial charge < -0.3 is 15.5 Å². The van der Waals surface area contributed by atoms with Gasteiger partial charge in [-0.1, -0.05) is 34.8 Å². The predicted molar refractivity (Wildman–Crippen MR) is 107 cm³/mol. The van der Waals surface area contributed by atoms with Crippen molar-refractivity contribution < 1.29 is 9.59 Å². The van der Waals surface area contributed by atoms with Crippen LogP contribution in [0.4, 0.5) is 17.1 Å². The molecule has 3 rings (SSSR count). The Morgan fingerprint density at radius 1 is 1.04 bits per heavy atom. The van der Waals surface area contributed by atoms with E-state index < -0.39 is 0 Å². The summed E-state index contributed by atoms with van der Waals surface area (Å²) in [4.78, 5) is 25.6. The van der Waals surface area contributed by atoms with E-state index >= 15 is 0 Å². The van der Waals surface area contributed by atoms with Gasteiger partial charge in [-0.05, 0) is 42.8 Å². The maximum atomic E-state index is 12.1. The summed E-state index contributed by atoms with van der Waals surface area (Å²) in [5.41, 5.74) is 2.04. The van der Waals surface area contributed by atoms with Gasteiger partial charge in [0.2, 0.25) is 11.8 Å². The summed E-state index contributed by atoms with van der Waals surface area (Å²) in [6.45, 7) is 0.803. The van der Waals surface area contributed by atoms with Gasteiger partial charge in [-0.3, -0.25) is 9.59 Å². The van der Waals surface area contributed by atoms with Crippen molar-refractivity contribution >= 4 is 63.7 Å². The number of amides is 2. The van der Waals surface area contributed by atoms with Gasteiger partial charge in [0.15, 0.2) is 0 Å². The van der Waals surface area contributed by atoms with Gasteiger partial charge in [0.05, 0.1) is 27.3 Å². The zero-order valence-electron chi connectivity index (χ0n) is 13.7. The Bertz CT molecular complexity index is 840. The second-order valence-corrected chi connectivity index (χ2v) is 7.07. The summed E-state index contributed by atoms with van der Waals surface area (Å²) in [6, 6.07) is 10.4.